The monoisotopic (exact) mass is 554 g/mol. The summed E-state index contributed by atoms with van der Waals surface area (Å²) in [5, 5.41) is 12.2. The van der Waals surface area contributed by atoms with Crippen LogP contribution in [0.4, 0.5) is 10.9 Å². The first kappa shape index (κ1) is 26.0. The lowest BCUT2D eigenvalue weighted by Crippen LogP contribution is -2.39. The molecule has 204 valence electrons. The van der Waals surface area contributed by atoms with E-state index in [1.807, 2.05) is 79.3 Å². The number of thiazole rings is 1. The van der Waals surface area contributed by atoms with E-state index in [1.54, 1.807) is 4.90 Å². The zero-order valence-electron chi connectivity index (χ0n) is 22.2. The number of fused-ring (bicyclic) bond motifs is 1. The lowest BCUT2D eigenvalue weighted by Gasteiger charge is -2.26. The Kier molecular flexibility index (Phi) is 7.21. The van der Waals surface area contributed by atoms with Crippen molar-refractivity contribution in [3.05, 3.63) is 77.8 Å². The van der Waals surface area contributed by atoms with Gasteiger partial charge in [0.1, 0.15) is 6.61 Å². The van der Waals surface area contributed by atoms with Gasteiger partial charge in [0.15, 0.2) is 16.7 Å². The average molecular weight is 555 g/mol. The third kappa shape index (κ3) is 5.42. The van der Waals surface area contributed by atoms with Crippen LogP contribution >= 0.6 is 11.3 Å². The number of anilines is 2. The molecule has 1 saturated carbocycles. The highest BCUT2D eigenvalue weighted by atomic mass is 32.1. The normalized spacial score (nSPS) is 15.2. The largest absolute Gasteiger partial charge is 0.488 e. The van der Waals surface area contributed by atoms with Crippen LogP contribution < -0.4 is 14.5 Å². The van der Waals surface area contributed by atoms with E-state index >= 15 is 0 Å². The molecule has 1 aliphatic carbocycles. The molecule has 1 aliphatic heterocycles. The first-order valence-corrected chi connectivity index (χ1v) is 14.3. The highest BCUT2D eigenvalue weighted by Crippen LogP contribution is 2.40. The van der Waals surface area contributed by atoms with E-state index in [1.165, 1.54) is 11.3 Å². The summed E-state index contributed by atoms with van der Waals surface area (Å²) in [7, 11) is 2.01. The molecule has 1 atom stereocenters. The van der Waals surface area contributed by atoms with Gasteiger partial charge < -0.3 is 14.7 Å². The predicted octanol–water partition coefficient (Wildman–Crippen LogP) is 5.53. The minimum atomic E-state index is -0.979. The number of pyridine rings is 1. The first-order chi connectivity index (χ1) is 19.5. The van der Waals surface area contributed by atoms with Crippen molar-refractivity contribution in [3.63, 3.8) is 0 Å². The lowest BCUT2D eigenvalue weighted by molar-refractivity contribution is -0.140. The van der Waals surface area contributed by atoms with Crippen LogP contribution in [0.25, 0.3) is 22.4 Å². The second-order valence-electron chi connectivity index (χ2n) is 10.3. The number of carboxylic acid groups (broad SMARTS) is 1. The van der Waals surface area contributed by atoms with Crippen molar-refractivity contribution in [2.45, 2.75) is 31.7 Å². The SMILES string of the molecule is CN1CCOc2cc(-c3ccccc3-c3csc(N(C(=O)C(CC(=O)O)Cc4ccccc4)C4CC4)n3)cnc21. The fourth-order valence-corrected chi connectivity index (χ4v) is 6.05. The summed E-state index contributed by atoms with van der Waals surface area (Å²) in [6.45, 7) is 1.41. The molecular formula is C31H30N4O4S. The molecule has 3 heterocycles. The molecule has 9 heteroatoms. The summed E-state index contributed by atoms with van der Waals surface area (Å²) in [4.78, 5) is 39.0. The number of ether oxygens (including phenoxy) is 1. The van der Waals surface area contributed by atoms with Crippen molar-refractivity contribution in [1.82, 2.24) is 9.97 Å². The second kappa shape index (κ2) is 11.1. The summed E-state index contributed by atoms with van der Waals surface area (Å²) in [6, 6.07) is 19.7. The van der Waals surface area contributed by atoms with E-state index in [-0.39, 0.29) is 18.4 Å². The molecule has 1 N–H and O–H groups in total. The fourth-order valence-electron chi connectivity index (χ4n) is 5.15. The minimum absolute atomic E-state index is 0.0489. The van der Waals surface area contributed by atoms with E-state index in [2.05, 4.69) is 9.88 Å². The van der Waals surface area contributed by atoms with Crippen molar-refractivity contribution < 1.29 is 19.4 Å². The molecule has 1 amide bonds. The van der Waals surface area contributed by atoms with Crippen LogP contribution in [0.15, 0.2) is 72.2 Å². The number of carbonyl (C=O) groups is 2. The molecule has 4 aromatic rings. The minimum Gasteiger partial charge on any atom is -0.488 e. The Labute approximate surface area is 236 Å². The van der Waals surface area contributed by atoms with Crippen molar-refractivity contribution in [1.29, 1.82) is 0 Å². The van der Waals surface area contributed by atoms with Gasteiger partial charge in [-0.3, -0.25) is 14.5 Å². The Balaban J connectivity index is 1.31. The summed E-state index contributed by atoms with van der Waals surface area (Å²) < 4.78 is 5.89. The number of hydrogen-bond donors (Lipinski definition) is 1. The van der Waals surface area contributed by atoms with Crippen molar-refractivity contribution in [2.75, 3.05) is 30.0 Å². The number of rotatable bonds is 9. The van der Waals surface area contributed by atoms with E-state index in [4.69, 9.17) is 9.72 Å². The maximum absolute atomic E-state index is 13.9. The number of aliphatic carboxylic acids is 1. The molecule has 40 heavy (non-hydrogen) atoms. The molecule has 2 aliphatic rings. The molecule has 8 nitrogen and oxygen atoms in total. The summed E-state index contributed by atoms with van der Waals surface area (Å²) >= 11 is 1.42. The van der Waals surface area contributed by atoms with Crippen LogP contribution in [0, 0.1) is 5.92 Å². The molecule has 6 rings (SSSR count). The van der Waals surface area contributed by atoms with Gasteiger partial charge in [0, 0.05) is 35.8 Å². The predicted molar refractivity (Wildman–Crippen MR) is 156 cm³/mol. The maximum atomic E-state index is 13.9. The summed E-state index contributed by atoms with van der Waals surface area (Å²) in [5.41, 5.74) is 4.55. The number of benzene rings is 2. The van der Waals surface area contributed by atoms with Gasteiger partial charge in [0.2, 0.25) is 5.91 Å². The highest BCUT2D eigenvalue weighted by Gasteiger charge is 2.39. The number of likely N-dealkylation sites (N-methyl/N-ethyl adjacent to an activating group) is 1. The van der Waals surface area contributed by atoms with Crippen molar-refractivity contribution in [2.24, 2.45) is 5.92 Å². The van der Waals surface area contributed by atoms with Gasteiger partial charge in [-0.25, -0.2) is 9.97 Å². The van der Waals surface area contributed by atoms with Crippen molar-refractivity contribution >= 4 is 34.2 Å². The molecule has 0 bridgehead atoms. The number of hydrogen-bond acceptors (Lipinski definition) is 7. The van der Waals surface area contributed by atoms with Gasteiger partial charge >= 0.3 is 5.97 Å². The third-order valence-corrected chi connectivity index (χ3v) is 8.18. The molecule has 0 spiro atoms. The van der Waals surface area contributed by atoms with Gasteiger partial charge in [-0.1, -0.05) is 54.6 Å². The zero-order chi connectivity index (χ0) is 27.6. The Hall–Kier alpha value is -4.24. The Morgan fingerprint density at radius 1 is 1.12 bits per heavy atom. The van der Waals surface area contributed by atoms with Gasteiger partial charge in [0.05, 0.1) is 24.6 Å². The van der Waals surface area contributed by atoms with E-state index in [0.29, 0.717) is 18.2 Å². The number of nitrogens with zero attached hydrogens (tertiary/aromatic N) is 4. The average Bonchev–Trinajstić information content (AvgIpc) is 3.68. The van der Waals surface area contributed by atoms with Crippen LogP contribution in [0.3, 0.4) is 0 Å². The number of aromatic nitrogens is 2. The smallest absolute Gasteiger partial charge is 0.304 e. The highest BCUT2D eigenvalue weighted by molar-refractivity contribution is 7.14. The molecule has 0 saturated heterocycles. The Morgan fingerprint density at radius 2 is 1.88 bits per heavy atom. The van der Waals surface area contributed by atoms with Crippen LogP contribution in [0.2, 0.25) is 0 Å². The number of carboxylic acids is 1. The molecule has 0 radical (unpaired) electrons. The Bertz CT molecular complexity index is 1540. The lowest BCUT2D eigenvalue weighted by atomic mass is 9.94. The van der Waals surface area contributed by atoms with Crippen LogP contribution in [-0.2, 0) is 16.0 Å². The second-order valence-corrected chi connectivity index (χ2v) is 11.1. The summed E-state index contributed by atoms with van der Waals surface area (Å²) in [5.74, 6) is -0.239. The van der Waals surface area contributed by atoms with Crippen molar-refractivity contribution in [3.8, 4) is 28.1 Å². The number of amides is 1. The van der Waals surface area contributed by atoms with Gasteiger partial charge in [-0.05, 0) is 36.5 Å². The van der Waals surface area contributed by atoms with Crippen LogP contribution in [0.5, 0.6) is 5.75 Å². The topological polar surface area (TPSA) is 95.9 Å². The maximum Gasteiger partial charge on any atom is 0.304 e. The summed E-state index contributed by atoms with van der Waals surface area (Å²) in [6.07, 6.45) is 3.78. The third-order valence-electron chi connectivity index (χ3n) is 7.34. The Morgan fingerprint density at radius 3 is 2.62 bits per heavy atom. The zero-order valence-corrected chi connectivity index (χ0v) is 23.0. The quantitative estimate of drug-likeness (QED) is 0.291. The molecule has 1 fully saturated rings. The number of carbonyl (C=O) groups excluding carboxylic acids is 1. The van der Waals surface area contributed by atoms with Gasteiger partial charge in [-0.15, -0.1) is 11.3 Å². The molecule has 2 aromatic heterocycles. The molecule has 2 aromatic carbocycles. The molecule has 1 unspecified atom stereocenters. The van der Waals surface area contributed by atoms with Gasteiger partial charge in [-0.2, -0.15) is 0 Å². The van der Waals surface area contributed by atoms with E-state index < -0.39 is 11.9 Å². The van der Waals surface area contributed by atoms with E-state index in [0.717, 1.165) is 58.9 Å². The van der Waals surface area contributed by atoms with Crippen LogP contribution in [-0.4, -0.2) is 53.2 Å². The van der Waals surface area contributed by atoms with E-state index in [9.17, 15) is 14.7 Å². The first-order valence-electron chi connectivity index (χ1n) is 13.5. The fraction of sp³-hybridized carbons (Fsp3) is 0.290. The van der Waals surface area contributed by atoms with Crippen LogP contribution in [0.1, 0.15) is 24.8 Å². The van der Waals surface area contributed by atoms with Gasteiger partial charge in [0.25, 0.3) is 0 Å². The molecular weight excluding hydrogens is 524 g/mol. The standard InChI is InChI=1S/C31H30N4O4S/c1-34-13-14-39-27-16-22(18-32-29(27)34)24-9-5-6-10-25(24)26-19-40-31(33-26)35(23-11-12-23)30(38)21(17-28(36)37)15-20-7-3-2-4-8-20/h2-10,16,18-19,21,23H,11-15,17H2,1H3,(H,36,37).